The molecule has 1 heterocycles. The van der Waals surface area contributed by atoms with Gasteiger partial charge in [-0.25, -0.2) is 4.79 Å². The Morgan fingerprint density at radius 2 is 0.989 bits per heavy atom. The number of aliphatic hydroxyl groups excluding tert-OH is 2. The SMILES string of the molecule is C/C=C/C[C@@H](C)[C@@H](O)[C@H]1C(=O)N[C@@H](C(C)O)C(=O)N(C)CC(=O)N(C)[C@@H](CC(C)(C)O)C(=O)N[C@@H](CC(C)C)C(=O)N[C@@H](CC(C)C)C(=O)N[C@@H](C)C(=O)O[C@H](C(C)C)C(=O)N(C)[C@@H](CC(C)C)C(=O)N[C@@H](CC(C)C)C(=O)N(C)[C@@H](C(C)C)C(=O)N1C. The second-order valence-corrected chi connectivity index (χ2v) is 27.3. The van der Waals surface area contributed by atoms with Crippen LogP contribution in [0.4, 0.5) is 0 Å². The zero-order valence-corrected chi connectivity index (χ0v) is 57.1. The van der Waals surface area contributed by atoms with Gasteiger partial charge < -0.3 is 71.1 Å². The van der Waals surface area contributed by atoms with Gasteiger partial charge >= 0.3 is 5.97 Å². The van der Waals surface area contributed by atoms with E-state index >= 15 is 4.79 Å². The maximum Gasteiger partial charge on any atom is 0.329 e. The molecule has 88 heavy (non-hydrogen) atoms. The van der Waals surface area contributed by atoms with Gasteiger partial charge in [-0.15, -0.1) is 0 Å². The lowest BCUT2D eigenvalue weighted by molar-refractivity contribution is -0.166. The number of carbonyl (C=O) groups excluding carboxylic acids is 11. The van der Waals surface area contributed by atoms with E-state index in [-0.39, 0.29) is 62.2 Å². The van der Waals surface area contributed by atoms with E-state index in [1.807, 2.05) is 27.7 Å². The second kappa shape index (κ2) is 35.8. The van der Waals surface area contributed by atoms with Gasteiger partial charge in [-0.1, -0.05) is 102 Å². The quantitative estimate of drug-likeness (QED) is 0.0764. The summed E-state index contributed by atoms with van der Waals surface area (Å²) in [5, 5.41) is 47.7. The first-order valence-corrected chi connectivity index (χ1v) is 31.1. The van der Waals surface area contributed by atoms with Crippen LogP contribution in [0.5, 0.6) is 0 Å². The second-order valence-electron chi connectivity index (χ2n) is 27.3. The van der Waals surface area contributed by atoms with Crippen molar-refractivity contribution in [1.29, 1.82) is 0 Å². The monoisotopic (exact) mass is 1250 g/mol. The van der Waals surface area contributed by atoms with Crippen LogP contribution >= 0.6 is 0 Å². The summed E-state index contributed by atoms with van der Waals surface area (Å²) < 4.78 is 5.85. The van der Waals surface area contributed by atoms with Crippen LogP contribution in [0.3, 0.4) is 0 Å². The fourth-order valence-corrected chi connectivity index (χ4v) is 10.5. The van der Waals surface area contributed by atoms with E-state index in [0.29, 0.717) is 0 Å². The molecular weight excluding hydrogens is 1140 g/mol. The number of allylic oxidation sites excluding steroid dienone is 2. The van der Waals surface area contributed by atoms with Gasteiger partial charge in [0.25, 0.3) is 5.91 Å². The van der Waals surface area contributed by atoms with Gasteiger partial charge in [-0.05, 0) is 108 Å². The van der Waals surface area contributed by atoms with Crippen LogP contribution in [-0.2, 0) is 57.5 Å². The number of ether oxygens (including phenoxy) is 1. The molecule has 8 N–H and O–H groups in total. The summed E-state index contributed by atoms with van der Waals surface area (Å²) in [4.78, 5) is 165. The molecule has 504 valence electrons. The molecule has 0 aromatic heterocycles. The number of amides is 10. The topological polar surface area (TPSA) is 334 Å². The number of aliphatic hydroxyl groups is 3. The minimum absolute atomic E-state index is 0.0359. The highest BCUT2D eigenvalue weighted by Gasteiger charge is 2.45. The maximum absolute atomic E-state index is 15.1. The van der Waals surface area contributed by atoms with Gasteiger partial charge in [0.1, 0.15) is 54.4 Å². The van der Waals surface area contributed by atoms with Crippen molar-refractivity contribution in [1.82, 2.24) is 51.1 Å². The van der Waals surface area contributed by atoms with Gasteiger partial charge in [0.05, 0.1) is 24.4 Å². The fourth-order valence-electron chi connectivity index (χ4n) is 10.5. The Labute approximate surface area is 523 Å². The lowest BCUT2D eigenvalue weighted by atomic mass is 9.91. The lowest BCUT2D eigenvalue weighted by Gasteiger charge is -2.40. The number of carbonyl (C=O) groups is 11. The van der Waals surface area contributed by atoms with E-state index in [1.54, 1.807) is 81.4 Å². The molecule has 1 fully saturated rings. The highest BCUT2D eigenvalue weighted by Crippen LogP contribution is 2.25. The van der Waals surface area contributed by atoms with Crippen molar-refractivity contribution in [3.05, 3.63) is 12.2 Å². The Kier molecular flexibility index (Phi) is 32.5. The zero-order valence-electron chi connectivity index (χ0n) is 57.1. The molecule has 0 saturated carbocycles. The highest BCUT2D eigenvalue weighted by atomic mass is 16.6. The summed E-state index contributed by atoms with van der Waals surface area (Å²) >= 11 is 0. The normalized spacial score (nSPS) is 26.7. The third-order valence-corrected chi connectivity index (χ3v) is 15.6. The molecule has 0 bridgehead atoms. The van der Waals surface area contributed by atoms with Crippen LogP contribution in [0.2, 0.25) is 0 Å². The molecule has 1 aliphatic heterocycles. The molecule has 1 unspecified atom stereocenters. The number of likely N-dealkylation sites (N-methyl/N-ethyl adjacent to an activating group) is 5. The molecule has 0 radical (unpaired) electrons. The third kappa shape index (κ3) is 24.3. The summed E-state index contributed by atoms with van der Waals surface area (Å²) in [6, 6.07) is -12.9. The first-order valence-electron chi connectivity index (χ1n) is 31.1. The van der Waals surface area contributed by atoms with Crippen LogP contribution in [0, 0.1) is 41.4 Å². The smallest absolute Gasteiger partial charge is 0.329 e. The van der Waals surface area contributed by atoms with Crippen LogP contribution in [0.25, 0.3) is 0 Å². The molecule has 25 heteroatoms. The zero-order chi connectivity index (χ0) is 68.3. The van der Waals surface area contributed by atoms with E-state index < -0.39 is 168 Å². The Morgan fingerprint density at radius 3 is 1.44 bits per heavy atom. The van der Waals surface area contributed by atoms with Crippen molar-refractivity contribution < 1.29 is 72.8 Å². The number of nitrogens with zero attached hydrogens (tertiary/aromatic N) is 5. The lowest BCUT2D eigenvalue weighted by Crippen LogP contribution is -2.64. The Morgan fingerprint density at radius 1 is 0.534 bits per heavy atom. The first kappa shape index (κ1) is 79.8. The van der Waals surface area contributed by atoms with Crippen molar-refractivity contribution in [2.75, 3.05) is 41.8 Å². The number of cyclic esters (lactones) is 1. The largest absolute Gasteiger partial charge is 0.450 e. The maximum atomic E-state index is 15.1. The van der Waals surface area contributed by atoms with Crippen molar-refractivity contribution >= 4 is 65.0 Å². The molecular formula is C63H112N10O15. The van der Waals surface area contributed by atoms with Crippen LogP contribution in [0.1, 0.15) is 163 Å². The minimum Gasteiger partial charge on any atom is -0.450 e. The molecule has 0 spiro atoms. The van der Waals surface area contributed by atoms with E-state index in [0.717, 1.165) is 24.5 Å². The molecule has 0 aliphatic carbocycles. The Balaban J connectivity index is 4.40. The third-order valence-electron chi connectivity index (χ3n) is 15.6. The summed E-state index contributed by atoms with van der Waals surface area (Å²) in [5.74, 6) is -12.2. The number of hydrogen-bond acceptors (Lipinski definition) is 15. The van der Waals surface area contributed by atoms with E-state index in [1.165, 1.54) is 62.9 Å². The molecule has 13 atom stereocenters. The number of esters is 1. The summed E-state index contributed by atoms with van der Waals surface area (Å²) in [6.45, 7) is 29.1. The molecule has 10 amide bonds. The van der Waals surface area contributed by atoms with Crippen molar-refractivity contribution in [2.24, 2.45) is 41.4 Å². The first-order chi connectivity index (χ1) is 40.4. The van der Waals surface area contributed by atoms with E-state index in [9.17, 15) is 63.3 Å². The van der Waals surface area contributed by atoms with Crippen molar-refractivity contribution in [3.8, 4) is 0 Å². The summed E-state index contributed by atoms with van der Waals surface area (Å²) in [6.07, 6.45) is -1.14. The number of hydrogen-bond donors (Lipinski definition) is 8. The molecule has 1 saturated heterocycles. The van der Waals surface area contributed by atoms with Crippen LogP contribution in [0.15, 0.2) is 12.2 Å². The average Bonchev–Trinajstić information content (AvgIpc) is 2.69. The van der Waals surface area contributed by atoms with Gasteiger partial charge in [0.15, 0.2) is 6.10 Å². The van der Waals surface area contributed by atoms with Crippen molar-refractivity contribution in [3.63, 3.8) is 0 Å². The van der Waals surface area contributed by atoms with E-state index in [4.69, 9.17) is 4.74 Å². The standard InChI is InChI=1S/C63H112N10O15/c1-24-25-26-39(14)51(76)50-57(81)68-48(41(16)74)59(83)69(19)32-47(75)70(20)46(31-63(17,18)87)56(80)66-43(28-34(4)5)54(78)65-42(27-33(2)3)53(77)64-40(15)62(86)88-52(38(12)13)61(85)71(21)45(30-36(8)9)55(79)67-44(29-35(6)7)58(82)72(22)49(37(10)11)60(84)73(50)23/h24-25,33-46,48-52,74,76,87H,26-32H2,1-23H3,(H,64,77)(H,65,78)(H,66,80)(H,67,79)(H,68,81)/b25-24+/t39-,40+,41?,42+,43+,44+,45+,46+,48+,49+,50+,51-,52-/m1/s1. The number of rotatable bonds is 17. The Hall–Kier alpha value is -6.21. The molecule has 1 rings (SSSR count). The number of nitrogens with one attached hydrogen (secondary N) is 5. The van der Waals surface area contributed by atoms with Gasteiger partial charge in [-0.3, -0.25) is 47.9 Å². The average molecular weight is 1250 g/mol. The molecule has 25 nitrogen and oxygen atoms in total. The van der Waals surface area contributed by atoms with Gasteiger partial charge in [-0.2, -0.15) is 0 Å². The van der Waals surface area contributed by atoms with E-state index in [2.05, 4.69) is 26.6 Å². The highest BCUT2D eigenvalue weighted by molar-refractivity contribution is 5.99. The van der Waals surface area contributed by atoms with Gasteiger partial charge in [0, 0.05) is 41.7 Å². The fraction of sp³-hybridized carbons (Fsp3) is 0.794. The van der Waals surface area contributed by atoms with Crippen LogP contribution in [-0.4, -0.2) is 225 Å². The molecule has 0 aromatic carbocycles. The summed E-state index contributed by atoms with van der Waals surface area (Å²) in [7, 11) is 6.48. The predicted octanol–water partition coefficient (Wildman–Crippen LogP) is 2.12. The van der Waals surface area contributed by atoms with Gasteiger partial charge in [0.2, 0.25) is 53.2 Å². The van der Waals surface area contributed by atoms with Crippen LogP contribution < -0.4 is 26.6 Å². The minimum atomic E-state index is -1.79. The molecule has 1 aliphatic rings. The predicted molar refractivity (Wildman–Crippen MR) is 334 cm³/mol. The molecule has 0 aromatic rings. The van der Waals surface area contributed by atoms with Crippen molar-refractivity contribution in [2.45, 2.75) is 241 Å². The summed E-state index contributed by atoms with van der Waals surface area (Å²) in [5.41, 5.74) is -1.59. The Bertz CT molecular complexity index is 2410.